The van der Waals surface area contributed by atoms with Crippen molar-refractivity contribution in [3.63, 3.8) is 0 Å². The lowest BCUT2D eigenvalue weighted by Crippen LogP contribution is -2.38. The minimum atomic E-state index is -0.493. The maximum Gasteiger partial charge on any atom is 0.261 e. The molecule has 1 atom stereocenters. The predicted octanol–water partition coefficient (Wildman–Crippen LogP) is 4.35. The SMILES string of the molecule is CC[C@@H](Oc1cc(C)cc(C)c1)C(=O)NCCCc1ccc(F)cc1. The van der Waals surface area contributed by atoms with Crippen molar-refractivity contribution < 1.29 is 13.9 Å². The number of nitrogens with one attached hydrogen (secondary N) is 1. The number of benzene rings is 2. The molecule has 0 radical (unpaired) electrons. The Morgan fingerprint density at radius 2 is 1.76 bits per heavy atom. The van der Waals surface area contributed by atoms with Crippen molar-refractivity contribution in [2.45, 2.75) is 46.1 Å². The molecule has 0 bridgehead atoms. The van der Waals surface area contributed by atoms with Gasteiger partial charge in [0, 0.05) is 6.54 Å². The molecule has 1 amide bonds. The number of halogens is 1. The summed E-state index contributed by atoms with van der Waals surface area (Å²) in [4.78, 5) is 12.3. The Morgan fingerprint density at radius 1 is 1.12 bits per heavy atom. The highest BCUT2D eigenvalue weighted by Crippen LogP contribution is 2.18. The van der Waals surface area contributed by atoms with Crippen LogP contribution in [0.1, 0.15) is 36.5 Å². The summed E-state index contributed by atoms with van der Waals surface area (Å²) >= 11 is 0. The third-order valence-electron chi connectivity index (χ3n) is 3.99. The van der Waals surface area contributed by atoms with Crippen LogP contribution in [0.4, 0.5) is 4.39 Å². The first-order valence-electron chi connectivity index (χ1n) is 8.75. The summed E-state index contributed by atoms with van der Waals surface area (Å²) in [6.07, 6.45) is 1.72. The summed E-state index contributed by atoms with van der Waals surface area (Å²) in [6, 6.07) is 12.4. The van der Waals surface area contributed by atoms with Gasteiger partial charge in [-0.3, -0.25) is 4.79 Å². The Labute approximate surface area is 149 Å². The zero-order valence-electron chi connectivity index (χ0n) is 15.1. The first-order chi connectivity index (χ1) is 12.0. The number of amides is 1. The minimum Gasteiger partial charge on any atom is -0.481 e. The molecule has 0 aliphatic carbocycles. The zero-order chi connectivity index (χ0) is 18.2. The summed E-state index contributed by atoms with van der Waals surface area (Å²) in [6.45, 7) is 6.53. The average molecular weight is 343 g/mol. The molecule has 2 aromatic carbocycles. The number of aryl methyl sites for hydroxylation is 3. The van der Waals surface area contributed by atoms with E-state index in [9.17, 15) is 9.18 Å². The van der Waals surface area contributed by atoms with E-state index in [0.717, 1.165) is 35.3 Å². The van der Waals surface area contributed by atoms with Gasteiger partial charge in [-0.15, -0.1) is 0 Å². The monoisotopic (exact) mass is 343 g/mol. The molecule has 4 heteroatoms. The van der Waals surface area contributed by atoms with Crippen molar-refractivity contribution in [1.82, 2.24) is 5.32 Å². The molecule has 25 heavy (non-hydrogen) atoms. The van der Waals surface area contributed by atoms with E-state index in [2.05, 4.69) is 11.4 Å². The lowest BCUT2D eigenvalue weighted by molar-refractivity contribution is -0.128. The van der Waals surface area contributed by atoms with Gasteiger partial charge in [-0.2, -0.15) is 0 Å². The van der Waals surface area contributed by atoms with E-state index in [0.29, 0.717) is 13.0 Å². The highest BCUT2D eigenvalue weighted by atomic mass is 19.1. The van der Waals surface area contributed by atoms with Crippen molar-refractivity contribution in [2.24, 2.45) is 0 Å². The molecule has 0 aliphatic heterocycles. The van der Waals surface area contributed by atoms with Gasteiger partial charge in [-0.25, -0.2) is 4.39 Å². The van der Waals surface area contributed by atoms with E-state index >= 15 is 0 Å². The number of hydrogen-bond acceptors (Lipinski definition) is 2. The second-order valence-electron chi connectivity index (χ2n) is 6.36. The summed E-state index contributed by atoms with van der Waals surface area (Å²) < 4.78 is 18.7. The van der Waals surface area contributed by atoms with Gasteiger partial charge in [0.25, 0.3) is 5.91 Å². The first kappa shape index (κ1) is 19.0. The normalized spacial score (nSPS) is 11.8. The summed E-state index contributed by atoms with van der Waals surface area (Å²) in [7, 11) is 0. The molecule has 1 N–H and O–H groups in total. The molecule has 0 aromatic heterocycles. The molecule has 3 nitrogen and oxygen atoms in total. The smallest absolute Gasteiger partial charge is 0.261 e. The molecular formula is C21H26FNO2. The van der Waals surface area contributed by atoms with E-state index in [1.165, 1.54) is 12.1 Å². The fourth-order valence-corrected chi connectivity index (χ4v) is 2.76. The average Bonchev–Trinajstić information content (AvgIpc) is 2.57. The predicted molar refractivity (Wildman–Crippen MR) is 98.4 cm³/mol. The van der Waals surface area contributed by atoms with E-state index in [4.69, 9.17) is 4.74 Å². The lowest BCUT2D eigenvalue weighted by Gasteiger charge is -2.18. The first-order valence-corrected chi connectivity index (χ1v) is 8.75. The Bertz CT molecular complexity index is 677. The van der Waals surface area contributed by atoms with Gasteiger partial charge < -0.3 is 10.1 Å². The largest absolute Gasteiger partial charge is 0.481 e. The van der Waals surface area contributed by atoms with Crippen LogP contribution in [0, 0.1) is 19.7 Å². The van der Waals surface area contributed by atoms with Gasteiger partial charge in [0.1, 0.15) is 11.6 Å². The molecule has 0 unspecified atom stereocenters. The molecule has 2 rings (SSSR count). The number of carbonyl (C=O) groups is 1. The van der Waals surface area contributed by atoms with Crippen LogP contribution in [0.15, 0.2) is 42.5 Å². The third-order valence-corrected chi connectivity index (χ3v) is 3.99. The second-order valence-corrected chi connectivity index (χ2v) is 6.36. The van der Waals surface area contributed by atoms with Crippen LogP contribution in [-0.4, -0.2) is 18.6 Å². The molecule has 0 heterocycles. The van der Waals surface area contributed by atoms with Crippen LogP contribution in [0.5, 0.6) is 5.75 Å². The lowest BCUT2D eigenvalue weighted by atomic mass is 10.1. The van der Waals surface area contributed by atoms with E-state index in [1.54, 1.807) is 12.1 Å². The number of rotatable bonds is 8. The number of hydrogen-bond donors (Lipinski definition) is 1. The van der Waals surface area contributed by atoms with E-state index in [1.807, 2.05) is 32.9 Å². The maximum absolute atomic E-state index is 12.9. The third kappa shape index (κ3) is 6.22. The van der Waals surface area contributed by atoms with Crippen molar-refractivity contribution in [2.75, 3.05) is 6.54 Å². The molecule has 0 saturated heterocycles. The zero-order valence-corrected chi connectivity index (χ0v) is 15.1. The molecule has 0 fully saturated rings. The Morgan fingerprint density at radius 3 is 2.36 bits per heavy atom. The van der Waals surface area contributed by atoms with Crippen LogP contribution < -0.4 is 10.1 Å². The molecule has 134 valence electrons. The van der Waals surface area contributed by atoms with Gasteiger partial charge in [-0.1, -0.05) is 25.1 Å². The molecule has 2 aromatic rings. The van der Waals surface area contributed by atoms with Gasteiger partial charge >= 0.3 is 0 Å². The summed E-state index contributed by atoms with van der Waals surface area (Å²) in [5, 5.41) is 2.93. The van der Waals surface area contributed by atoms with Crippen molar-refractivity contribution in [3.05, 3.63) is 65.0 Å². The fourth-order valence-electron chi connectivity index (χ4n) is 2.76. The van der Waals surface area contributed by atoms with E-state index < -0.39 is 6.10 Å². The second kappa shape index (κ2) is 9.21. The van der Waals surface area contributed by atoms with Crippen LogP contribution in [0.25, 0.3) is 0 Å². The van der Waals surface area contributed by atoms with Crippen molar-refractivity contribution in [3.8, 4) is 5.75 Å². The molecule has 0 saturated carbocycles. The summed E-state index contributed by atoms with van der Waals surface area (Å²) in [5.41, 5.74) is 3.29. The van der Waals surface area contributed by atoms with Crippen molar-refractivity contribution in [1.29, 1.82) is 0 Å². The Balaban J connectivity index is 1.80. The maximum atomic E-state index is 12.9. The molecule has 0 aliphatic rings. The molecular weight excluding hydrogens is 317 g/mol. The number of ether oxygens (including phenoxy) is 1. The standard InChI is InChI=1S/C21H26FNO2/c1-4-20(25-19-13-15(2)12-16(3)14-19)21(24)23-11-5-6-17-7-9-18(22)10-8-17/h7-10,12-14,20H,4-6,11H2,1-3H3,(H,23,24)/t20-/m1/s1. The highest BCUT2D eigenvalue weighted by Gasteiger charge is 2.18. The van der Waals surface area contributed by atoms with Crippen molar-refractivity contribution >= 4 is 5.91 Å². The van der Waals surface area contributed by atoms with Gasteiger partial charge in [0.05, 0.1) is 0 Å². The number of carbonyl (C=O) groups excluding carboxylic acids is 1. The quantitative estimate of drug-likeness (QED) is 0.724. The summed E-state index contributed by atoms with van der Waals surface area (Å²) in [5.74, 6) is 0.401. The highest BCUT2D eigenvalue weighted by molar-refractivity contribution is 5.81. The van der Waals surface area contributed by atoms with Crippen LogP contribution >= 0.6 is 0 Å². The fraction of sp³-hybridized carbons (Fsp3) is 0.381. The topological polar surface area (TPSA) is 38.3 Å². The van der Waals surface area contributed by atoms with Crippen LogP contribution in [-0.2, 0) is 11.2 Å². The van der Waals surface area contributed by atoms with Gasteiger partial charge in [0.15, 0.2) is 6.10 Å². The van der Waals surface area contributed by atoms with Crippen LogP contribution in [0.2, 0.25) is 0 Å². The van der Waals surface area contributed by atoms with Crippen LogP contribution in [0.3, 0.4) is 0 Å². The van der Waals surface area contributed by atoms with Gasteiger partial charge in [0.2, 0.25) is 0 Å². The molecule has 0 spiro atoms. The van der Waals surface area contributed by atoms with E-state index in [-0.39, 0.29) is 11.7 Å². The minimum absolute atomic E-state index is 0.0965. The van der Waals surface area contributed by atoms with Gasteiger partial charge in [-0.05, 0) is 74.1 Å². The Kier molecular flexibility index (Phi) is 6.99. The Hall–Kier alpha value is -2.36.